The van der Waals surface area contributed by atoms with Gasteiger partial charge in [0.25, 0.3) is 5.91 Å². The average molecular weight is 409 g/mol. The van der Waals surface area contributed by atoms with Gasteiger partial charge in [-0.25, -0.2) is 4.79 Å². The molecule has 0 heterocycles. The van der Waals surface area contributed by atoms with E-state index >= 15 is 0 Å². The number of carbonyl (C=O) groups is 2. The van der Waals surface area contributed by atoms with Gasteiger partial charge in [-0.05, 0) is 48.0 Å². The van der Waals surface area contributed by atoms with Crippen LogP contribution < -0.4 is 4.74 Å². The zero-order chi connectivity index (χ0) is 15.5. The van der Waals surface area contributed by atoms with Gasteiger partial charge in [0, 0.05) is 11.5 Å². The summed E-state index contributed by atoms with van der Waals surface area (Å²) in [5.41, 5.74) is -1.28. The van der Waals surface area contributed by atoms with Gasteiger partial charge in [0.2, 0.25) is 0 Å². The molecule has 1 aromatic rings. The third-order valence-electron chi connectivity index (χ3n) is 2.98. The van der Waals surface area contributed by atoms with Crippen LogP contribution in [0.3, 0.4) is 0 Å². The summed E-state index contributed by atoms with van der Waals surface area (Å²) in [5, 5.41) is 9.07. The lowest BCUT2D eigenvalue weighted by atomic mass is 10.0. The van der Waals surface area contributed by atoms with E-state index in [1.807, 2.05) is 0 Å². The number of carbonyl (C=O) groups excluding carboxylic acids is 1. The number of benzene rings is 1. The highest BCUT2D eigenvalue weighted by atomic mass is 79.9. The van der Waals surface area contributed by atoms with E-state index in [2.05, 4.69) is 31.9 Å². The number of amides is 1. The van der Waals surface area contributed by atoms with Crippen molar-refractivity contribution in [3.63, 3.8) is 0 Å². The Morgan fingerprint density at radius 3 is 2.45 bits per heavy atom. The van der Waals surface area contributed by atoms with E-state index in [0.717, 1.165) is 9.37 Å². The number of nitrogens with zero attached hydrogens (tertiary/aromatic N) is 1. The molecule has 1 aromatic carbocycles. The molecule has 1 rings (SSSR count). The summed E-state index contributed by atoms with van der Waals surface area (Å²) >= 11 is 6.64. The van der Waals surface area contributed by atoms with Crippen molar-refractivity contribution >= 4 is 43.7 Å². The Labute approximate surface area is 134 Å². The van der Waals surface area contributed by atoms with Gasteiger partial charge in [0.15, 0.2) is 6.61 Å². The number of likely N-dealkylation sites (N-methyl/N-ethyl adjacent to an activating group) is 1. The second kappa shape index (κ2) is 6.58. The Hall–Kier alpha value is -1.08. The molecule has 0 aliphatic rings. The largest absolute Gasteiger partial charge is 0.483 e. The third-order valence-corrected chi connectivity index (χ3v) is 4.09. The summed E-state index contributed by atoms with van der Waals surface area (Å²) in [7, 11) is 1.44. The van der Waals surface area contributed by atoms with Crippen molar-refractivity contribution in [1.82, 2.24) is 4.90 Å². The second-order valence-electron chi connectivity index (χ2n) is 4.68. The van der Waals surface area contributed by atoms with Crippen molar-refractivity contribution in [3.05, 3.63) is 27.1 Å². The monoisotopic (exact) mass is 407 g/mol. The number of hydrogen-bond acceptors (Lipinski definition) is 3. The molecule has 0 atom stereocenters. The van der Waals surface area contributed by atoms with Crippen LogP contribution in [0.2, 0.25) is 0 Å². The Morgan fingerprint density at radius 2 is 1.95 bits per heavy atom. The lowest BCUT2D eigenvalue weighted by Gasteiger charge is -2.31. The molecule has 0 saturated carbocycles. The van der Waals surface area contributed by atoms with E-state index in [9.17, 15) is 9.59 Å². The number of rotatable bonds is 5. The van der Waals surface area contributed by atoms with Crippen LogP contribution >= 0.6 is 31.9 Å². The van der Waals surface area contributed by atoms with Gasteiger partial charge >= 0.3 is 5.97 Å². The maximum Gasteiger partial charge on any atom is 0.329 e. The summed E-state index contributed by atoms with van der Waals surface area (Å²) < 4.78 is 6.99. The van der Waals surface area contributed by atoms with Crippen molar-refractivity contribution < 1.29 is 19.4 Å². The molecule has 5 nitrogen and oxygen atoms in total. The normalized spacial score (nSPS) is 11.1. The number of halogens is 2. The molecule has 1 amide bonds. The minimum absolute atomic E-state index is 0.229. The third kappa shape index (κ3) is 3.96. The van der Waals surface area contributed by atoms with Crippen molar-refractivity contribution in [2.24, 2.45) is 0 Å². The second-order valence-corrected chi connectivity index (χ2v) is 6.45. The van der Waals surface area contributed by atoms with Gasteiger partial charge in [0.1, 0.15) is 11.3 Å². The number of ether oxygens (including phenoxy) is 1. The summed E-state index contributed by atoms with van der Waals surface area (Å²) in [6.07, 6.45) is 0. The van der Waals surface area contributed by atoms with Gasteiger partial charge in [0.05, 0.1) is 4.47 Å². The van der Waals surface area contributed by atoms with Crippen molar-refractivity contribution in [2.75, 3.05) is 13.7 Å². The molecule has 0 fully saturated rings. The van der Waals surface area contributed by atoms with Gasteiger partial charge in [-0.2, -0.15) is 0 Å². The van der Waals surface area contributed by atoms with E-state index in [4.69, 9.17) is 9.84 Å². The fourth-order valence-electron chi connectivity index (χ4n) is 1.28. The molecule has 0 saturated heterocycles. The highest BCUT2D eigenvalue weighted by molar-refractivity contribution is 9.11. The van der Waals surface area contributed by atoms with Crippen LogP contribution in [-0.4, -0.2) is 41.1 Å². The first kappa shape index (κ1) is 17.0. The molecule has 0 aromatic heterocycles. The summed E-state index contributed by atoms with van der Waals surface area (Å²) in [6, 6.07) is 5.30. The van der Waals surface area contributed by atoms with Crippen molar-refractivity contribution in [2.45, 2.75) is 19.4 Å². The maximum absolute atomic E-state index is 12.0. The summed E-state index contributed by atoms with van der Waals surface area (Å²) in [5.74, 6) is -0.964. The zero-order valence-electron chi connectivity index (χ0n) is 11.3. The number of carboxylic acids is 1. The molecule has 7 heteroatoms. The molecule has 0 bridgehead atoms. The Kier molecular flexibility index (Phi) is 5.59. The molecular formula is C13H15Br2NO4. The maximum atomic E-state index is 12.0. The predicted octanol–water partition coefficient (Wildman–Crippen LogP) is 2.91. The first-order valence-corrected chi connectivity index (χ1v) is 7.32. The lowest BCUT2D eigenvalue weighted by molar-refractivity contribution is -0.156. The van der Waals surface area contributed by atoms with Gasteiger partial charge in [-0.15, -0.1) is 0 Å². The van der Waals surface area contributed by atoms with Crippen LogP contribution in [0.4, 0.5) is 0 Å². The Balaban J connectivity index is 2.70. The van der Waals surface area contributed by atoms with Crippen LogP contribution in [0.15, 0.2) is 27.1 Å². The highest BCUT2D eigenvalue weighted by Gasteiger charge is 2.35. The van der Waals surface area contributed by atoms with Crippen molar-refractivity contribution in [3.8, 4) is 5.75 Å². The predicted molar refractivity (Wildman–Crippen MR) is 81.8 cm³/mol. The number of hydrogen-bond donors (Lipinski definition) is 1. The van der Waals surface area contributed by atoms with E-state index in [0.29, 0.717) is 10.2 Å². The topological polar surface area (TPSA) is 66.8 Å². The molecular weight excluding hydrogens is 394 g/mol. The first-order valence-electron chi connectivity index (χ1n) is 5.74. The fraction of sp³-hybridized carbons (Fsp3) is 0.385. The highest BCUT2D eigenvalue weighted by Crippen LogP contribution is 2.28. The first-order chi connectivity index (χ1) is 9.16. The Bertz CT molecular complexity index is 531. The van der Waals surface area contributed by atoms with Gasteiger partial charge in [-0.3, -0.25) is 4.79 Å². The van der Waals surface area contributed by atoms with E-state index < -0.39 is 17.4 Å². The molecule has 0 radical (unpaired) electrons. The van der Waals surface area contributed by atoms with Gasteiger partial charge < -0.3 is 14.7 Å². The minimum atomic E-state index is -1.28. The summed E-state index contributed by atoms with van der Waals surface area (Å²) in [4.78, 5) is 24.2. The van der Waals surface area contributed by atoms with Crippen LogP contribution in [0.5, 0.6) is 5.75 Å². The molecule has 1 N–H and O–H groups in total. The van der Waals surface area contributed by atoms with E-state index in [-0.39, 0.29) is 6.61 Å². The Morgan fingerprint density at radius 1 is 1.35 bits per heavy atom. The molecule has 0 aliphatic heterocycles. The van der Waals surface area contributed by atoms with Crippen LogP contribution in [0.1, 0.15) is 13.8 Å². The molecule has 0 aliphatic carbocycles. The van der Waals surface area contributed by atoms with Gasteiger partial charge in [-0.1, -0.05) is 15.9 Å². The lowest BCUT2D eigenvalue weighted by Crippen LogP contribution is -2.52. The quantitative estimate of drug-likeness (QED) is 0.813. The van der Waals surface area contributed by atoms with Crippen LogP contribution in [0, 0.1) is 0 Å². The number of aliphatic carboxylic acids is 1. The van der Waals surface area contributed by atoms with Crippen molar-refractivity contribution in [1.29, 1.82) is 0 Å². The molecule has 110 valence electrons. The summed E-state index contributed by atoms with van der Waals surface area (Å²) in [6.45, 7) is 2.69. The average Bonchev–Trinajstić information content (AvgIpc) is 2.36. The minimum Gasteiger partial charge on any atom is -0.483 e. The van der Waals surface area contributed by atoms with E-state index in [1.165, 1.54) is 20.9 Å². The molecule has 20 heavy (non-hydrogen) atoms. The smallest absolute Gasteiger partial charge is 0.329 e. The van der Waals surface area contributed by atoms with E-state index in [1.54, 1.807) is 18.2 Å². The SMILES string of the molecule is CN(C(=O)COc1ccc(Br)cc1Br)C(C)(C)C(=O)O. The van der Waals surface area contributed by atoms with Crippen LogP contribution in [-0.2, 0) is 9.59 Å². The van der Waals surface area contributed by atoms with Crippen LogP contribution in [0.25, 0.3) is 0 Å². The number of carboxylic acid groups (broad SMARTS) is 1. The molecule has 0 spiro atoms. The molecule has 0 unspecified atom stereocenters. The zero-order valence-corrected chi connectivity index (χ0v) is 14.5. The standard InChI is InChI=1S/C13H15Br2NO4/c1-13(2,12(18)19)16(3)11(17)7-20-10-5-4-8(14)6-9(10)15/h4-6H,7H2,1-3H3,(H,18,19). The fourth-order valence-corrected chi connectivity index (χ4v) is 2.45.